The van der Waals surface area contributed by atoms with Crippen LogP contribution in [0.15, 0.2) is 97.2 Å². The molecule has 29 heavy (non-hydrogen) atoms. The largest absolute Gasteiger partial charge is 0.322 e. The SMILES string of the molecule is O=C(Nc1ccc2ccccc2c1)c1cc(-c2ccccn2)nc2ccccc12. The number of rotatable bonds is 3. The Morgan fingerprint density at radius 1 is 0.724 bits per heavy atom. The number of fused-ring (bicyclic) bond motifs is 2. The van der Waals surface area contributed by atoms with Gasteiger partial charge in [-0.05, 0) is 47.2 Å². The van der Waals surface area contributed by atoms with E-state index >= 15 is 0 Å². The van der Waals surface area contributed by atoms with E-state index < -0.39 is 0 Å². The van der Waals surface area contributed by atoms with Gasteiger partial charge in [0.2, 0.25) is 0 Å². The van der Waals surface area contributed by atoms with E-state index in [1.807, 2.05) is 78.9 Å². The summed E-state index contributed by atoms with van der Waals surface area (Å²) < 4.78 is 0. The predicted molar refractivity (Wildman–Crippen MR) is 117 cm³/mol. The first-order chi connectivity index (χ1) is 14.3. The van der Waals surface area contributed by atoms with Crippen molar-refractivity contribution in [1.82, 2.24) is 9.97 Å². The first kappa shape index (κ1) is 17.1. The fraction of sp³-hybridized carbons (Fsp3) is 0. The molecular formula is C25H17N3O. The van der Waals surface area contributed by atoms with Gasteiger partial charge in [-0.3, -0.25) is 9.78 Å². The van der Waals surface area contributed by atoms with Gasteiger partial charge in [-0.2, -0.15) is 0 Å². The van der Waals surface area contributed by atoms with Gasteiger partial charge in [0.05, 0.1) is 22.5 Å². The molecule has 0 spiro atoms. The van der Waals surface area contributed by atoms with Gasteiger partial charge >= 0.3 is 0 Å². The number of pyridine rings is 2. The van der Waals surface area contributed by atoms with E-state index in [0.29, 0.717) is 11.3 Å². The zero-order chi connectivity index (χ0) is 19.6. The number of para-hydroxylation sites is 1. The van der Waals surface area contributed by atoms with Gasteiger partial charge in [0.1, 0.15) is 0 Å². The quantitative estimate of drug-likeness (QED) is 0.440. The fourth-order valence-corrected chi connectivity index (χ4v) is 3.47. The summed E-state index contributed by atoms with van der Waals surface area (Å²) in [6, 6.07) is 29.1. The molecule has 0 atom stereocenters. The van der Waals surface area contributed by atoms with Gasteiger partial charge < -0.3 is 5.32 Å². The number of anilines is 1. The average molecular weight is 375 g/mol. The second-order valence-corrected chi connectivity index (χ2v) is 6.80. The molecule has 4 heteroatoms. The minimum Gasteiger partial charge on any atom is -0.322 e. The average Bonchev–Trinajstić information content (AvgIpc) is 2.79. The van der Waals surface area contributed by atoms with Crippen molar-refractivity contribution in [3.05, 3.63) is 103 Å². The van der Waals surface area contributed by atoms with Crippen LogP contribution in [0.2, 0.25) is 0 Å². The fourth-order valence-electron chi connectivity index (χ4n) is 3.47. The zero-order valence-electron chi connectivity index (χ0n) is 15.5. The van der Waals surface area contributed by atoms with Crippen LogP contribution in [-0.2, 0) is 0 Å². The number of nitrogens with zero attached hydrogens (tertiary/aromatic N) is 2. The summed E-state index contributed by atoms with van der Waals surface area (Å²) in [4.78, 5) is 22.3. The molecule has 1 amide bonds. The third-order valence-electron chi connectivity index (χ3n) is 4.90. The number of nitrogens with one attached hydrogen (secondary N) is 1. The highest BCUT2D eigenvalue weighted by atomic mass is 16.1. The van der Waals surface area contributed by atoms with Crippen LogP contribution < -0.4 is 5.32 Å². The topological polar surface area (TPSA) is 54.9 Å². The molecule has 0 unspecified atom stereocenters. The van der Waals surface area contributed by atoms with E-state index in [0.717, 1.165) is 33.1 Å². The van der Waals surface area contributed by atoms with Crippen molar-refractivity contribution < 1.29 is 4.79 Å². The normalized spacial score (nSPS) is 10.9. The predicted octanol–water partition coefficient (Wildman–Crippen LogP) is 5.70. The van der Waals surface area contributed by atoms with Gasteiger partial charge in [0.15, 0.2) is 0 Å². The lowest BCUT2D eigenvalue weighted by molar-refractivity contribution is 0.102. The molecule has 2 aromatic heterocycles. The molecule has 4 nitrogen and oxygen atoms in total. The van der Waals surface area contributed by atoms with Crippen LogP contribution in [0.25, 0.3) is 33.1 Å². The van der Waals surface area contributed by atoms with Gasteiger partial charge in [-0.25, -0.2) is 4.98 Å². The molecule has 0 aliphatic carbocycles. The van der Waals surface area contributed by atoms with Crippen molar-refractivity contribution in [2.75, 3.05) is 5.32 Å². The molecule has 0 aliphatic rings. The summed E-state index contributed by atoms with van der Waals surface area (Å²) >= 11 is 0. The van der Waals surface area contributed by atoms with E-state index in [1.165, 1.54) is 0 Å². The molecule has 3 aromatic carbocycles. The molecule has 0 fully saturated rings. The minimum atomic E-state index is -0.170. The molecule has 0 aliphatic heterocycles. The molecule has 5 rings (SSSR count). The Bertz CT molecular complexity index is 1350. The molecule has 0 saturated carbocycles. The summed E-state index contributed by atoms with van der Waals surface area (Å²) in [6.45, 7) is 0. The Kier molecular flexibility index (Phi) is 4.22. The summed E-state index contributed by atoms with van der Waals surface area (Å²) in [5.41, 5.74) is 3.50. The van der Waals surface area contributed by atoms with Crippen LogP contribution in [0.3, 0.4) is 0 Å². The first-order valence-corrected chi connectivity index (χ1v) is 9.39. The minimum absolute atomic E-state index is 0.170. The summed E-state index contributed by atoms with van der Waals surface area (Å²) in [7, 11) is 0. The summed E-state index contributed by atoms with van der Waals surface area (Å²) in [5.74, 6) is -0.170. The van der Waals surface area contributed by atoms with Crippen LogP contribution >= 0.6 is 0 Å². The third kappa shape index (κ3) is 3.32. The van der Waals surface area contributed by atoms with Crippen LogP contribution in [-0.4, -0.2) is 15.9 Å². The van der Waals surface area contributed by atoms with E-state index in [9.17, 15) is 4.79 Å². The van der Waals surface area contributed by atoms with Crippen LogP contribution in [0, 0.1) is 0 Å². The monoisotopic (exact) mass is 375 g/mol. The molecule has 1 N–H and O–H groups in total. The van der Waals surface area contributed by atoms with Crippen LogP contribution in [0.5, 0.6) is 0 Å². The number of hydrogen-bond donors (Lipinski definition) is 1. The maximum Gasteiger partial charge on any atom is 0.256 e. The third-order valence-corrected chi connectivity index (χ3v) is 4.90. The number of hydrogen-bond acceptors (Lipinski definition) is 3. The van der Waals surface area contributed by atoms with Crippen molar-refractivity contribution in [2.45, 2.75) is 0 Å². The van der Waals surface area contributed by atoms with Crippen molar-refractivity contribution in [3.8, 4) is 11.4 Å². The first-order valence-electron chi connectivity index (χ1n) is 9.39. The van der Waals surface area contributed by atoms with Crippen molar-refractivity contribution in [2.24, 2.45) is 0 Å². The van der Waals surface area contributed by atoms with Crippen LogP contribution in [0.1, 0.15) is 10.4 Å². The van der Waals surface area contributed by atoms with Crippen molar-refractivity contribution in [1.29, 1.82) is 0 Å². The van der Waals surface area contributed by atoms with Gasteiger partial charge in [0, 0.05) is 17.3 Å². The Morgan fingerprint density at radius 3 is 2.38 bits per heavy atom. The number of carbonyl (C=O) groups excluding carboxylic acids is 1. The van der Waals surface area contributed by atoms with E-state index in [2.05, 4.69) is 16.4 Å². The highest BCUT2D eigenvalue weighted by Gasteiger charge is 2.14. The highest BCUT2D eigenvalue weighted by Crippen LogP contribution is 2.25. The molecular weight excluding hydrogens is 358 g/mol. The molecule has 0 bridgehead atoms. The Morgan fingerprint density at radius 2 is 1.52 bits per heavy atom. The lowest BCUT2D eigenvalue weighted by atomic mass is 10.0. The summed E-state index contributed by atoms with van der Waals surface area (Å²) in [5, 5.41) is 6.06. The number of aromatic nitrogens is 2. The maximum atomic E-state index is 13.2. The van der Waals surface area contributed by atoms with E-state index in [-0.39, 0.29) is 5.91 Å². The molecule has 0 radical (unpaired) electrons. The number of carbonyl (C=O) groups is 1. The Hall–Kier alpha value is -4.05. The lowest BCUT2D eigenvalue weighted by Crippen LogP contribution is -2.13. The van der Waals surface area contributed by atoms with Crippen molar-refractivity contribution >= 4 is 33.3 Å². The summed E-state index contributed by atoms with van der Waals surface area (Å²) in [6.07, 6.45) is 1.72. The zero-order valence-corrected chi connectivity index (χ0v) is 15.5. The van der Waals surface area contributed by atoms with Crippen molar-refractivity contribution in [3.63, 3.8) is 0 Å². The molecule has 0 saturated heterocycles. The molecule has 138 valence electrons. The second kappa shape index (κ2) is 7.17. The van der Waals surface area contributed by atoms with E-state index in [4.69, 9.17) is 4.98 Å². The number of benzene rings is 3. The molecule has 5 aromatic rings. The van der Waals surface area contributed by atoms with Gasteiger partial charge in [-0.15, -0.1) is 0 Å². The Labute approximate surface area is 167 Å². The molecule has 2 heterocycles. The van der Waals surface area contributed by atoms with Gasteiger partial charge in [0.25, 0.3) is 5.91 Å². The standard InChI is InChI=1S/C25H17N3O/c29-25(27-19-13-12-17-7-1-2-8-18(17)15-19)21-16-24(23-11-5-6-14-26-23)28-22-10-4-3-9-20(21)22/h1-16H,(H,27,29). The van der Waals surface area contributed by atoms with Crippen LogP contribution in [0.4, 0.5) is 5.69 Å². The number of amides is 1. The Balaban J connectivity index is 1.58. The van der Waals surface area contributed by atoms with Gasteiger partial charge in [-0.1, -0.05) is 54.6 Å². The smallest absolute Gasteiger partial charge is 0.256 e. The maximum absolute atomic E-state index is 13.2. The highest BCUT2D eigenvalue weighted by molar-refractivity contribution is 6.13. The second-order valence-electron chi connectivity index (χ2n) is 6.80. The van der Waals surface area contributed by atoms with E-state index in [1.54, 1.807) is 12.3 Å². The lowest BCUT2D eigenvalue weighted by Gasteiger charge is -2.11.